The molecule has 0 radical (unpaired) electrons. The fourth-order valence-corrected chi connectivity index (χ4v) is 5.71. The van der Waals surface area contributed by atoms with Crippen molar-refractivity contribution in [3.63, 3.8) is 0 Å². The van der Waals surface area contributed by atoms with Gasteiger partial charge in [0.05, 0.1) is 21.5 Å². The molecule has 2 heterocycles. The van der Waals surface area contributed by atoms with Crippen LogP contribution < -0.4 is 16.0 Å². The van der Waals surface area contributed by atoms with Gasteiger partial charge in [-0.05, 0) is 36.6 Å². The second kappa shape index (κ2) is 6.39. The van der Waals surface area contributed by atoms with Gasteiger partial charge in [0.15, 0.2) is 5.13 Å². The largest absolute Gasteiger partial charge is 0.326 e. The first kappa shape index (κ1) is 17.8. The number of sulfonamides is 1. The van der Waals surface area contributed by atoms with Gasteiger partial charge >= 0.3 is 5.69 Å². The Hall–Kier alpha value is -3.24. The predicted molar refractivity (Wildman–Crippen MR) is 111 cm³/mol. The number of nitrogens with one attached hydrogen (secondary N) is 3. The van der Waals surface area contributed by atoms with E-state index < -0.39 is 21.3 Å². The Kier molecular flexibility index (Phi) is 3.93. The lowest BCUT2D eigenvalue weighted by Gasteiger charge is -2.13. The molecule has 0 atom stereocenters. The highest BCUT2D eigenvalue weighted by atomic mass is 32.2. The van der Waals surface area contributed by atoms with Crippen LogP contribution in [0.2, 0.25) is 0 Å². The van der Waals surface area contributed by atoms with E-state index in [0.29, 0.717) is 0 Å². The van der Waals surface area contributed by atoms with Gasteiger partial charge in [-0.15, -0.1) is 11.3 Å². The van der Waals surface area contributed by atoms with Crippen LogP contribution in [0.3, 0.4) is 0 Å². The van der Waals surface area contributed by atoms with Crippen LogP contribution in [0.4, 0.5) is 5.13 Å². The third kappa shape index (κ3) is 3.06. The molecule has 146 valence electrons. The topological polar surface area (TPSA) is 125 Å². The molecule has 2 aromatic carbocycles. The van der Waals surface area contributed by atoms with Crippen LogP contribution in [0.1, 0.15) is 10.4 Å². The van der Waals surface area contributed by atoms with Crippen LogP contribution in [0.5, 0.6) is 0 Å². The van der Waals surface area contributed by atoms with Crippen LogP contribution in [0.25, 0.3) is 22.2 Å². The lowest BCUT2D eigenvalue weighted by Crippen LogP contribution is -2.22. The third-order valence-corrected chi connectivity index (χ3v) is 7.33. The quantitative estimate of drug-likeness (QED) is 0.463. The van der Waals surface area contributed by atoms with Gasteiger partial charge < -0.3 is 4.98 Å². The average Bonchev–Trinajstić information content (AvgIpc) is 3.09. The highest BCUT2D eigenvalue weighted by Gasteiger charge is 2.23. The van der Waals surface area contributed by atoms with Gasteiger partial charge in [-0.25, -0.2) is 18.2 Å². The zero-order valence-electron chi connectivity index (χ0n) is 14.9. The molecule has 3 N–H and O–H groups in total. The second-order valence-electron chi connectivity index (χ2n) is 6.67. The van der Waals surface area contributed by atoms with Crippen LogP contribution in [-0.2, 0) is 22.9 Å². The van der Waals surface area contributed by atoms with Gasteiger partial charge in [-0.3, -0.25) is 14.5 Å². The minimum Gasteiger partial charge on any atom is -0.307 e. The summed E-state index contributed by atoms with van der Waals surface area (Å²) in [6.07, 6.45) is 1.70. The Morgan fingerprint density at radius 1 is 1.03 bits per heavy atom. The van der Waals surface area contributed by atoms with Crippen molar-refractivity contribution in [2.24, 2.45) is 0 Å². The van der Waals surface area contributed by atoms with Crippen molar-refractivity contribution in [1.29, 1.82) is 0 Å². The molecule has 0 saturated carbocycles. The molecule has 10 heteroatoms. The summed E-state index contributed by atoms with van der Waals surface area (Å²) in [7, 11) is -3.96. The normalized spacial score (nSPS) is 13.1. The van der Waals surface area contributed by atoms with E-state index in [1.807, 2.05) is 18.2 Å². The van der Waals surface area contributed by atoms with E-state index in [1.165, 1.54) is 35.1 Å². The van der Waals surface area contributed by atoms with E-state index in [4.69, 9.17) is 0 Å². The first-order chi connectivity index (χ1) is 13.9. The first-order valence-electron chi connectivity index (χ1n) is 8.78. The van der Waals surface area contributed by atoms with E-state index in [1.54, 1.807) is 0 Å². The maximum atomic E-state index is 12.9. The number of nitrogens with zero attached hydrogens (tertiary/aromatic N) is 1. The van der Waals surface area contributed by atoms with Crippen LogP contribution in [-0.4, -0.2) is 23.4 Å². The summed E-state index contributed by atoms with van der Waals surface area (Å²) in [5, 5.41) is 0.363. The number of benzene rings is 2. The highest BCUT2D eigenvalue weighted by molar-refractivity contribution is 7.93. The molecule has 0 saturated heterocycles. The molecule has 8 nitrogen and oxygen atoms in total. The highest BCUT2D eigenvalue weighted by Crippen LogP contribution is 2.38. The molecule has 1 aliphatic carbocycles. The fraction of sp³-hybridized carbons (Fsp3) is 0.105. The average molecular weight is 426 g/mol. The molecular formula is C19H14N4O4S2. The van der Waals surface area contributed by atoms with Gasteiger partial charge in [0.25, 0.3) is 15.6 Å². The summed E-state index contributed by atoms with van der Waals surface area (Å²) in [5.41, 5.74) is 1.99. The number of hydrogen-bond donors (Lipinski definition) is 3. The van der Waals surface area contributed by atoms with Gasteiger partial charge in [0, 0.05) is 10.4 Å². The van der Waals surface area contributed by atoms with E-state index in [-0.39, 0.29) is 20.9 Å². The Morgan fingerprint density at radius 3 is 2.72 bits per heavy atom. The maximum absolute atomic E-state index is 12.9. The molecule has 0 bridgehead atoms. The number of hydrogen-bond acceptors (Lipinski definition) is 6. The molecule has 0 spiro atoms. The van der Waals surface area contributed by atoms with Gasteiger partial charge in [0.1, 0.15) is 0 Å². The number of aryl methyl sites for hydroxylation is 2. The van der Waals surface area contributed by atoms with E-state index in [9.17, 15) is 18.0 Å². The van der Waals surface area contributed by atoms with Crippen molar-refractivity contribution in [1.82, 2.24) is 15.0 Å². The van der Waals surface area contributed by atoms with Gasteiger partial charge in [0.2, 0.25) is 0 Å². The van der Waals surface area contributed by atoms with E-state index in [0.717, 1.165) is 29.0 Å². The number of aromatic amines is 2. The number of aromatic nitrogens is 3. The van der Waals surface area contributed by atoms with Crippen LogP contribution in [0, 0.1) is 0 Å². The summed E-state index contributed by atoms with van der Waals surface area (Å²) in [5.74, 6) is 0. The second-order valence-corrected chi connectivity index (χ2v) is 9.44. The molecule has 2 aromatic heterocycles. The third-order valence-electron chi connectivity index (χ3n) is 4.83. The molecule has 1 aliphatic rings. The number of fused-ring (bicyclic) bond motifs is 4. The molecule has 5 rings (SSSR count). The number of anilines is 1. The Labute approximate surface area is 168 Å². The van der Waals surface area contributed by atoms with E-state index in [2.05, 4.69) is 25.7 Å². The standard InChI is InChI=1S/C19H14N4O4S2/c24-17-13-9-11(6-7-14(13)20-18(25)22-17)29(26,27)23-19-21-16-12-4-2-1-3-10(12)5-8-15(16)28-19/h1-4,6-7,9H,5,8H2,(H,21,23)(H2,20,22,24,25). The van der Waals surface area contributed by atoms with Gasteiger partial charge in [-0.1, -0.05) is 24.3 Å². The number of rotatable bonds is 3. The van der Waals surface area contributed by atoms with Crippen LogP contribution >= 0.6 is 11.3 Å². The number of thiazole rings is 1. The zero-order valence-corrected chi connectivity index (χ0v) is 16.5. The Balaban J connectivity index is 1.53. The van der Waals surface area contributed by atoms with Crippen molar-refractivity contribution in [2.75, 3.05) is 4.72 Å². The summed E-state index contributed by atoms with van der Waals surface area (Å²) in [4.78, 5) is 33.4. The summed E-state index contributed by atoms with van der Waals surface area (Å²) < 4.78 is 28.2. The van der Waals surface area contributed by atoms with Crippen molar-refractivity contribution in [3.05, 3.63) is 73.7 Å². The molecule has 4 aromatic rings. The van der Waals surface area contributed by atoms with E-state index >= 15 is 0 Å². The minimum absolute atomic E-state index is 0.0832. The van der Waals surface area contributed by atoms with Gasteiger partial charge in [-0.2, -0.15) is 0 Å². The SMILES string of the molecule is O=c1[nH]c(=O)c2cc(S(=O)(=O)Nc3nc4c(s3)CCc3ccccc3-4)ccc2[nH]1. The summed E-state index contributed by atoms with van der Waals surface area (Å²) >= 11 is 1.31. The predicted octanol–water partition coefficient (Wildman–Crippen LogP) is 2.24. The lowest BCUT2D eigenvalue weighted by atomic mass is 9.94. The molecule has 29 heavy (non-hydrogen) atoms. The van der Waals surface area contributed by atoms with Crippen molar-refractivity contribution in [2.45, 2.75) is 17.7 Å². The summed E-state index contributed by atoms with van der Waals surface area (Å²) in [6, 6.07) is 11.9. The lowest BCUT2D eigenvalue weighted by molar-refractivity contribution is 0.601. The monoisotopic (exact) mass is 426 g/mol. The first-order valence-corrected chi connectivity index (χ1v) is 11.1. The van der Waals surface area contributed by atoms with Crippen LogP contribution in [0.15, 0.2) is 56.9 Å². The minimum atomic E-state index is -3.96. The Morgan fingerprint density at radius 2 is 1.86 bits per heavy atom. The molecule has 0 aliphatic heterocycles. The number of H-pyrrole nitrogens is 2. The zero-order chi connectivity index (χ0) is 20.2. The molecule has 0 unspecified atom stereocenters. The molecule has 0 fully saturated rings. The van der Waals surface area contributed by atoms with Crippen molar-refractivity contribution >= 4 is 37.4 Å². The van der Waals surface area contributed by atoms with Crippen molar-refractivity contribution in [3.8, 4) is 11.3 Å². The smallest absolute Gasteiger partial charge is 0.307 e. The molecular weight excluding hydrogens is 412 g/mol. The Bertz CT molecular complexity index is 1500. The fourth-order valence-electron chi connectivity index (χ4n) is 3.48. The maximum Gasteiger partial charge on any atom is 0.326 e. The summed E-state index contributed by atoms with van der Waals surface area (Å²) in [6.45, 7) is 0. The van der Waals surface area contributed by atoms with Crippen molar-refractivity contribution < 1.29 is 8.42 Å². The molecule has 0 amide bonds.